The van der Waals surface area contributed by atoms with Gasteiger partial charge in [-0.2, -0.15) is 0 Å². The van der Waals surface area contributed by atoms with E-state index in [1.807, 2.05) is 54.6 Å². The maximum absolute atomic E-state index is 11.6. The summed E-state index contributed by atoms with van der Waals surface area (Å²) in [4.78, 5) is 11.6. The van der Waals surface area contributed by atoms with Crippen LogP contribution in [0.2, 0.25) is 0 Å². The van der Waals surface area contributed by atoms with Crippen molar-refractivity contribution in [2.24, 2.45) is 5.73 Å². The Morgan fingerprint density at radius 3 is 2.48 bits per heavy atom. The molecular weight excluding hydrogens is 264 g/mol. The van der Waals surface area contributed by atoms with Crippen LogP contribution in [-0.2, 0) is 11.2 Å². The van der Waals surface area contributed by atoms with Gasteiger partial charge in [-0.1, -0.05) is 42.5 Å². The molecule has 0 aliphatic carbocycles. The first-order valence-corrected chi connectivity index (χ1v) is 6.93. The van der Waals surface area contributed by atoms with Crippen LogP contribution < -0.4 is 15.8 Å². The lowest BCUT2D eigenvalue weighted by Crippen LogP contribution is -2.35. The number of anilines is 1. The van der Waals surface area contributed by atoms with E-state index in [0.29, 0.717) is 12.2 Å². The van der Waals surface area contributed by atoms with Crippen molar-refractivity contribution >= 4 is 11.6 Å². The quantitative estimate of drug-likeness (QED) is 0.821. The lowest BCUT2D eigenvalue weighted by molar-refractivity contribution is -0.118. The summed E-state index contributed by atoms with van der Waals surface area (Å²) in [5, 5.41) is 3.17. The summed E-state index contributed by atoms with van der Waals surface area (Å²) in [6.45, 7) is 0. The number of para-hydroxylation sites is 2. The van der Waals surface area contributed by atoms with Crippen LogP contribution in [0.25, 0.3) is 0 Å². The largest absolute Gasteiger partial charge is 0.495 e. The van der Waals surface area contributed by atoms with Crippen LogP contribution in [0, 0.1) is 0 Å². The molecule has 1 unspecified atom stereocenters. The third kappa shape index (κ3) is 4.24. The molecule has 0 aromatic heterocycles. The fourth-order valence-electron chi connectivity index (χ4n) is 2.19. The first kappa shape index (κ1) is 14.9. The normalized spacial score (nSPS) is 11.7. The fourth-order valence-corrected chi connectivity index (χ4v) is 2.19. The van der Waals surface area contributed by atoms with Crippen molar-refractivity contribution in [1.29, 1.82) is 0 Å². The van der Waals surface area contributed by atoms with Crippen LogP contribution in [-0.4, -0.2) is 19.1 Å². The predicted octanol–water partition coefficient (Wildman–Crippen LogP) is 2.59. The number of methoxy groups -OCH3 is 1. The second-order valence-electron chi connectivity index (χ2n) is 4.82. The second kappa shape index (κ2) is 7.33. The number of nitrogens with one attached hydrogen (secondary N) is 1. The summed E-state index contributed by atoms with van der Waals surface area (Å²) in [6, 6.07) is 17.1. The molecule has 0 aliphatic rings. The fraction of sp³-hybridized carbons (Fsp3) is 0.235. The summed E-state index contributed by atoms with van der Waals surface area (Å²) < 4.78 is 5.27. The summed E-state index contributed by atoms with van der Waals surface area (Å²) in [7, 11) is 1.60. The lowest BCUT2D eigenvalue weighted by atomic mass is 10.0. The van der Waals surface area contributed by atoms with Gasteiger partial charge in [-0.3, -0.25) is 4.79 Å². The molecule has 0 fully saturated rings. The van der Waals surface area contributed by atoms with Crippen molar-refractivity contribution in [2.75, 3.05) is 12.4 Å². The predicted molar refractivity (Wildman–Crippen MR) is 84.4 cm³/mol. The highest BCUT2D eigenvalue weighted by Gasteiger charge is 2.16. The van der Waals surface area contributed by atoms with Crippen molar-refractivity contribution in [1.82, 2.24) is 0 Å². The SMILES string of the molecule is COc1ccccc1NC(CCc1ccccc1)C(N)=O. The molecule has 4 heteroatoms. The van der Waals surface area contributed by atoms with Gasteiger partial charge < -0.3 is 15.8 Å². The van der Waals surface area contributed by atoms with E-state index in [4.69, 9.17) is 10.5 Å². The average Bonchev–Trinajstić information content (AvgIpc) is 2.52. The number of ether oxygens (including phenoxy) is 1. The molecule has 1 amide bonds. The summed E-state index contributed by atoms with van der Waals surface area (Å²) in [5.74, 6) is 0.334. The number of rotatable bonds is 7. The van der Waals surface area contributed by atoms with Gasteiger partial charge in [0.25, 0.3) is 0 Å². The van der Waals surface area contributed by atoms with Crippen LogP contribution in [0.4, 0.5) is 5.69 Å². The van der Waals surface area contributed by atoms with E-state index in [1.54, 1.807) is 7.11 Å². The van der Waals surface area contributed by atoms with Crippen LogP contribution in [0.15, 0.2) is 54.6 Å². The third-order valence-electron chi connectivity index (χ3n) is 3.34. The molecule has 2 aromatic carbocycles. The Hall–Kier alpha value is -2.49. The summed E-state index contributed by atoms with van der Waals surface area (Å²) in [6.07, 6.45) is 1.42. The third-order valence-corrected chi connectivity index (χ3v) is 3.34. The van der Waals surface area contributed by atoms with Gasteiger partial charge in [0.15, 0.2) is 0 Å². The Morgan fingerprint density at radius 2 is 1.81 bits per heavy atom. The minimum absolute atomic E-state index is 0.364. The maximum Gasteiger partial charge on any atom is 0.239 e. The molecule has 1 atom stereocenters. The first-order chi connectivity index (χ1) is 10.2. The number of benzene rings is 2. The Labute approximate surface area is 124 Å². The zero-order valence-corrected chi connectivity index (χ0v) is 12.1. The van der Waals surface area contributed by atoms with E-state index in [-0.39, 0.29) is 5.91 Å². The molecule has 2 rings (SSSR count). The number of hydrogen-bond acceptors (Lipinski definition) is 3. The summed E-state index contributed by atoms with van der Waals surface area (Å²) in [5.41, 5.74) is 7.46. The van der Waals surface area contributed by atoms with Gasteiger partial charge in [0.05, 0.1) is 12.8 Å². The van der Waals surface area contributed by atoms with Gasteiger partial charge in [-0.25, -0.2) is 0 Å². The first-order valence-electron chi connectivity index (χ1n) is 6.93. The number of aryl methyl sites for hydroxylation is 1. The number of primary amides is 1. The van der Waals surface area contributed by atoms with E-state index in [9.17, 15) is 4.79 Å². The molecule has 21 heavy (non-hydrogen) atoms. The van der Waals surface area contributed by atoms with E-state index in [2.05, 4.69) is 5.32 Å². The van der Waals surface area contributed by atoms with E-state index in [1.165, 1.54) is 5.56 Å². The van der Waals surface area contributed by atoms with Crippen LogP contribution in [0.5, 0.6) is 5.75 Å². The summed E-state index contributed by atoms with van der Waals surface area (Å²) >= 11 is 0. The topological polar surface area (TPSA) is 64.3 Å². The van der Waals surface area contributed by atoms with Crippen LogP contribution in [0.3, 0.4) is 0 Å². The van der Waals surface area contributed by atoms with Crippen molar-refractivity contribution in [3.05, 3.63) is 60.2 Å². The van der Waals surface area contributed by atoms with Crippen molar-refractivity contribution in [2.45, 2.75) is 18.9 Å². The molecule has 0 spiro atoms. The van der Waals surface area contributed by atoms with Crippen molar-refractivity contribution in [3.8, 4) is 5.75 Å². The zero-order valence-electron chi connectivity index (χ0n) is 12.1. The van der Waals surface area contributed by atoms with E-state index < -0.39 is 6.04 Å². The highest BCUT2D eigenvalue weighted by Crippen LogP contribution is 2.24. The van der Waals surface area contributed by atoms with E-state index in [0.717, 1.165) is 12.1 Å². The van der Waals surface area contributed by atoms with Crippen LogP contribution >= 0.6 is 0 Å². The molecule has 0 heterocycles. The molecule has 0 bridgehead atoms. The molecule has 110 valence electrons. The van der Waals surface area contributed by atoms with Crippen LogP contribution in [0.1, 0.15) is 12.0 Å². The Kier molecular flexibility index (Phi) is 5.21. The number of carbonyl (C=O) groups excluding carboxylic acids is 1. The monoisotopic (exact) mass is 284 g/mol. The molecule has 0 saturated heterocycles. The molecule has 3 N–H and O–H groups in total. The van der Waals surface area contributed by atoms with Gasteiger partial charge >= 0.3 is 0 Å². The van der Waals surface area contributed by atoms with Gasteiger partial charge in [0.2, 0.25) is 5.91 Å². The molecule has 0 saturated carbocycles. The number of carbonyl (C=O) groups is 1. The standard InChI is InChI=1S/C17H20N2O2/c1-21-16-10-6-5-9-14(16)19-15(17(18)20)12-11-13-7-3-2-4-8-13/h2-10,15,19H,11-12H2,1H3,(H2,18,20). The molecule has 4 nitrogen and oxygen atoms in total. The average molecular weight is 284 g/mol. The molecule has 0 radical (unpaired) electrons. The Morgan fingerprint density at radius 1 is 1.14 bits per heavy atom. The highest BCUT2D eigenvalue weighted by atomic mass is 16.5. The molecule has 2 aromatic rings. The lowest BCUT2D eigenvalue weighted by Gasteiger charge is -2.18. The Bertz CT molecular complexity index is 584. The zero-order chi connectivity index (χ0) is 15.1. The van der Waals surface area contributed by atoms with Gasteiger partial charge in [-0.05, 0) is 30.5 Å². The number of nitrogens with two attached hydrogens (primary N) is 1. The Balaban J connectivity index is 2.04. The van der Waals surface area contributed by atoms with E-state index >= 15 is 0 Å². The smallest absolute Gasteiger partial charge is 0.239 e. The minimum Gasteiger partial charge on any atom is -0.495 e. The molecule has 0 aliphatic heterocycles. The number of amides is 1. The van der Waals surface area contributed by atoms with Gasteiger partial charge in [0.1, 0.15) is 11.8 Å². The maximum atomic E-state index is 11.6. The number of hydrogen-bond donors (Lipinski definition) is 2. The molecular formula is C17H20N2O2. The van der Waals surface area contributed by atoms with Gasteiger partial charge in [0, 0.05) is 0 Å². The van der Waals surface area contributed by atoms with Crippen molar-refractivity contribution < 1.29 is 9.53 Å². The second-order valence-corrected chi connectivity index (χ2v) is 4.82. The van der Waals surface area contributed by atoms with Crippen molar-refractivity contribution in [3.63, 3.8) is 0 Å². The highest BCUT2D eigenvalue weighted by molar-refractivity contribution is 5.83. The minimum atomic E-state index is -0.429. The van der Waals surface area contributed by atoms with Gasteiger partial charge in [-0.15, -0.1) is 0 Å².